The van der Waals surface area contributed by atoms with Crippen molar-refractivity contribution in [1.29, 1.82) is 0 Å². The zero-order chi connectivity index (χ0) is 21.0. The second-order valence-electron chi connectivity index (χ2n) is 7.05. The standard InChI is InChI=1S/C21H23N5O3S/c27-21(8-12-24-30(28,29)17-6-10-22-11-7-17)26-15-13-25(14-16-26)20-5-1-4-19-18(20)3-2-9-23-19/h1-7,9-11,24H,8,12-16H2. The highest BCUT2D eigenvalue weighted by atomic mass is 32.2. The lowest BCUT2D eigenvalue weighted by Crippen LogP contribution is -2.49. The maximum Gasteiger partial charge on any atom is 0.240 e. The first kappa shape index (κ1) is 20.2. The highest BCUT2D eigenvalue weighted by Crippen LogP contribution is 2.26. The van der Waals surface area contributed by atoms with Crippen LogP contribution in [0.5, 0.6) is 0 Å². The minimum absolute atomic E-state index is 0.0494. The van der Waals surface area contributed by atoms with E-state index in [0.29, 0.717) is 13.1 Å². The summed E-state index contributed by atoms with van der Waals surface area (Å²) in [6.07, 6.45) is 4.75. The van der Waals surface area contributed by atoms with Crippen LogP contribution < -0.4 is 9.62 Å². The molecule has 0 saturated carbocycles. The summed E-state index contributed by atoms with van der Waals surface area (Å²) >= 11 is 0. The fraction of sp³-hybridized carbons (Fsp3) is 0.286. The number of amides is 1. The summed E-state index contributed by atoms with van der Waals surface area (Å²) in [7, 11) is -3.63. The van der Waals surface area contributed by atoms with Gasteiger partial charge in [0.1, 0.15) is 0 Å². The van der Waals surface area contributed by atoms with E-state index < -0.39 is 10.0 Å². The number of sulfonamides is 1. The molecule has 0 spiro atoms. The topological polar surface area (TPSA) is 95.5 Å². The molecule has 1 saturated heterocycles. The number of nitrogens with one attached hydrogen (secondary N) is 1. The summed E-state index contributed by atoms with van der Waals surface area (Å²) in [5.41, 5.74) is 2.08. The Hall–Kier alpha value is -3.04. The van der Waals surface area contributed by atoms with Gasteiger partial charge in [-0.2, -0.15) is 0 Å². The van der Waals surface area contributed by atoms with Gasteiger partial charge in [0.05, 0.1) is 10.4 Å². The van der Waals surface area contributed by atoms with Crippen LogP contribution in [0.15, 0.2) is 66.0 Å². The van der Waals surface area contributed by atoms with E-state index in [-0.39, 0.29) is 23.8 Å². The zero-order valence-corrected chi connectivity index (χ0v) is 17.3. The van der Waals surface area contributed by atoms with Gasteiger partial charge in [0.15, 0.2) is 0 Å². The molecule has 3 heterocycles. The molecule has 1 N–H and O–H groups in total. The molecular weight excluding hydrogens is 402 g/mol. The van der Waals surface area contributed by atoms with Crippen molar-refractivity contribution >= 4 is 32.5 Å². The maximum atomic E-state index is 12.5. The van der Waals surface area contributed by atoms with Crippen LogP contribution in [0.3, 0.4) is 0 Å². The van der Waals surface area contributed by atoms with E-state index in [0.717, 1.165) is 29.7 Å². The van der Waals surface area contributed by atoms with Crippen LogP contribution in [0, 0.1) is 0 Å². The molecule has 1 amide bonds. The van der Waals surface area contributed by atoms with Gasteiger partial charge in [-0.05, 0) is 36.4 Å². The Kier molecular flexibility index (Phi) is 5.91. The Morgan fingerprint density at radius 1 is 0.967 bits per heavy atom. The molecule has 8 nitrogen and oxygen atoms in total. The predicted octanol–water partition coefficient (Wildman–Crippen LogP) is 1.65. The number of nitrogens with zero attached hydrogens (tertiary/aromatic N) is 4. The summed E-state index contributed by atoms with van der Waals surface area (Å²) < 4.78 is 26.9. The van der Waals surface area contributed by atoms with Gasteiger partial charge in [0.2, 0.25) is 15.9 Å². The first-order chi connectivity index (χ1) is 14.5. The lowest BCUT2D eigenvalue weighted by atomic mass is 10.1. The molecule has 1 aromatic carbocycles. The molecule has 0 aliphatic carbocycles. The number of fused-ring (bicyclic) bond motifs is 1. The number of aromatic nitrogens is 2. The van der Waals surface area contributed by atoms with E-state index in [4.69, 9.17) is 0 Å². The van der Waals surface area contributed by atoms with E-state index in [2.05, 4.69) is 31.7 Å². The molecule has 3 aromatic rings. The van der Waals surface area contributed by atoms with Gasteiger partial charge < -0.3 is 9.80 Å². The molecule has 1 aliphatic rings. The minimum atomic E-state index is -3.63. The number of rotatable bonds is 6. The van der Waals surface area contributed by atoms with Crippen molar-refractivity contribution in [3.05, 3.63) is 61.1 Å². The smallest absolute Gasteiger partial charge is 0.240 e. The van der Waals surface area contributed by atoms with Gasteiger partial charge in [0.25, 0.3) is 0 Å². The van der Waals surface area contributed by atoms with Crippen molar-refractivity contribution in [2.45, 2.75) is 11.3 Å². The Morgan fingerprint density at radius 3 is 2.50 bits per heavy atom. The minimum Gasteiger partial charge on any atom is -0.367 e. The molecule has 156 valence electrons. The average molecular weight is 426 g/mol. The number of carbonyl (C=O) groups is 1. The summed E-state index contributed by atoms with van der Waals surface area (Å²) in [5.74, 6) is -0.0494. The molecule has 4 rings (SSSR count). The largest absolute Gasteiger partial charge is 0.367 e. The van der Waals surface area contributed by atoms with Crippen LogP contribution in [0.4, 0.5) is 5.69 Å². The number of anilines is 1. The molecule has 0 bridgehead atoms. The number of hydrogen-bond donors (Lipinski definition) is 1. The van der Waals surface area contributed by atoms with E-state index >= 15 is 0 Å². The second kappa shape index (κ2) is 8.76. The predicted molar refractivity (Wildman–Crippen MR) is 115 cm³/mol. The van der Waals surface area contributed by atoms with Crippen molar-refractivity contribution in [1.82, 2.24) is 19.6 Å². The van der Waals surface area contributed by atoms with Crippen LogP contribution in [0.2, 0.25) is 0 Å². The Bertz CT molecular complexity index is 1120. The Balaban J connectivity index is 1.30. The lowest BCUT2D eigenvalue weighted by molar-refractivity contribution is -0.131. The number of benzene rings is 1. The van der Waals surface area contributed by atoms with E-state index in [1.54, 1.807) is 11.1 Å². The van der Waals surface area contributed by atoms with Crippen LogP contribution in [0.25, 0.3) is 10.9 Å². The van der Waals surface area contributed by atoms with Crippen molar-refractivity contribution < 1.29 is 13.2 Å². The van der Waals surface area contributed by atoms with Gasteiger partial charge in [-0.15, -0.1) is 0 Å². The normalized spacial score (nSPS) is 14.8. The van der Waals surface area contributed by atoms with Gasteiger partial charge >= 0.3 is 0 Å². The average Bonchev–Trinajstić information content (AvgIpc) is 2.79. The van der Waals surface area contributed by atoms with Crippen LogP contribution in [-0.4, -0.2) is 61.9 Å². The fourth-order valence-corrected chi connectivity index (χ4v) is 4.63. The molecule has 0 radical (unpaired) electrons. The molecule has 30 heavy (non-hydrogen) atoms. The van der Waals surface area contributed by atoms with Gasteiger partial charge in [0, 0.05) is 68.8 Å². The third kappa shape index (κ3) is 4.42. The lowest BCUT2D eigenvalue weighted by Gasteiger charge is -2.36. The third-order valence-electron chi connectivity index (χ3n) is 5.19. The molecule has 0 atom stereocenters. The summed E-state index contributed by atoms with van der Waals surface area (Å²) in [6, 6.07) is 12.9. The van der Waals surface area contributed by atoms with Gasteiger partial charge in [-0.1, -0.05) is 6.07 Å². The first-order valence-corrected chi connectivity index (χ1v) is 11.3. The summed E-state index contributed by atoms with van der Waals surface area (Å²) in [5, 5.41) is 1.10. The maximum absolute atomic E-state index is 12.5. The number of carbonyl (C=O) groups excluding carboxylic acids is 1. The van der Waals surface area contributed by atoms with E-state index in [9.17, 15) is 13.2 Å². The SMILES string of the molecule is O=C(CCNS(=O)(=O)c1ccncc1)N1CCN(c2cccc3ncccc23)CC1. The summed E-state index contributed by atoms with van der Waals surface area (Å²) in [6.45, 7) is 2.73. The number of piperazine rings is 1. The first-order valence-electron chi connectivity index (χ1n) is 9.81. The number of pyridine rings is 2. The molecule has 2 aromatic heterocycles. The highest BCUT2D eigenvalue weighted by molar-refractivity contribution is 7.89. The Morgan fingerprint density at radius 2 is 1.73 bits per heavy atom. The third-order valence-corrected chi connectivity index (χ3v) is 6.66. The fourth-order valence-electron chi connectivity index (χ4n) is 3.61. The van der Waals surface area contributed by atoms with Crippen molar-refractivity contribution in [3.8, 4) is 0 Å². The van der Waals surface area contributed by atoms with Gasteiger partial charge in [-0.3, -0.25) is 14.8 Å². The molecule has 1 fully saturated rings. The van der Waals surface area contributed by atoms with Gasteiger partial charge in [-0.25, -0.2) is 13.1 Å². The molecule has 9 heteroatoms. The van der Waals surface area contributed by atoms with Crippen molar-refractivity contribution in [3.63, 3.8) is 0 Å². The van der Waals surface area contributed by atoms with Crippen LogP contribution in [-0.2, 0) is 14.8 Å². The molecular formula is C21H23N5O3S. The molecule has 1 aliphatic heterocycles. The van der Waals surface area contributed by atoms with Crippen LogP contribution in [0.1, 0.15) is 6.42 Å². The van der Waals surface area contributed by atoms with Crippen molar-refractivity contribution in [2.24, 2.45) is 0 Å². The number of hydrogen-bond acceptors (Lipinski definition) is 6. The van der Waals surface area contributed by atoms with Crippen molar-refractivity contribution in [2.75, 3.05) is 37.6 Å². The summed E-state index contributed by atoms with van der Waals surface area (Å²) in [4.78, 5) is 24.9. The molecule has 0 unspecified atom stereocenters. The highest BCUT2D eigenvalue weighted by Gasteiger charge is 2.22. The van der Waals surface area contributed by atoms with Crippen LogP contribution >= 0.6 is 0 Å². The quantitative estimate of drug-likeness (QED) is 0.645. The second-order valence-corrected chi connectivity index (χ2v) is 8.81. The monoisotopic (exact) mass is 425 g/mol. The van der Waals surface area contributed by atoms with E-state index in [1.807, 2.05) is 18.2 Å². The zero-order valence-electron chi connectivity index (χ0n) is 16.4. The van der Waals surface area contributed by atoms with E-state index in [1.165, 1.54) is 24.5 Å². The Labute approximate surface area is 175 Å².